The van der Waals surface area contributed by atoms with Crippen LogP contribution in [0.4, 0.5) is 0 Å². The summed E-state index contributed by atoms with van der Waals surface area (Å²) >= 11 is 7.68. The fraction of sp³-hybridized carbons (Fsp3) is 0.200. The van der Waals surface area contributed by atoms with E-state index < -0.39 is 0 Å². The van der Waals surface area contributed by atoms with Crippen molar-refractivity contribution in [2.75, 3.05) is 19.6 Å². The maximum Gasteiger partial charge on any atom is 0.254 e. The summed E-state index contributed by atoms with van der Waals surface area (Å²) in [5.41, 5.74) is 2.75. The zero-order chi connectivity index (χ0) is 21.8. The van der Waals surface area contributed by atoms with Crippen LogP contribution in [-0.2, 0) is 11.2 Å². The third-order valence-electron chi connectivity index (χ3n) is 5.46. The molecule has 0 spiro atoms. The van der Waals surface area contributed by atoms with Crippen molar-refractivity contribution in [3.63, 3.8) is 0 Å². The summed E-state index contributed by atoms with van der Waals surface area (Å²) in [6.45, 7) is 4.67. The average molecular weight is 451 g/mol. The van der Waals surface area contributed by atoms with E-state index in [1.807, 2.05) is 23.1 Å². The summed E-state index contributed by atoms with van der Waals surface area (Å²) in [5.74, 6) is -0.288. The van der Waals surface area contributed by atoms with E-state index in [0.717, 1.165) is 12.0 Å². The molecule has 158 valence electrons. The maximum absolute atomic E-state index is 13.5. The molecule has 1 atom stereocenters. The Labute approximate surface area is 191 Å². The predicted molar refractivity (Wildman–Crippen MR) is 126 cm³/mol. The number of amides is 2. The molecule has 0 fully saturated rings. The van der Waals surface area contributed by atoms with E-state index in [2.05, 4.69) is 30.2 Å². The van der Waals surface area contributed by atoms with Gasteiger partial charge in [0.2, 0.25) is 5.91 Å². The Morgan fingerprint density at radius 3 is 2.58 bits per heavy atom. The van der Waals surface area contributed by atoms with Crippen LogP contribution in [0.2, 0.25) is 5.02 Å². The first-order valence-electron chi connectivity index (χ1n) is 10.1. The molecular formula is C25H23ClN2O2S. The Kier molecular flexibility index (Phi) is 6.54. The van der Waals surface area contributed by atoms with Gasteiger partial charge in [0.05, 0.1) is 6.04 Å². The molecule has 0 aliphatic carbocycles. The molecule has 3 aromatic rings. The molecule has 0 radical (unpaired) electrons. The van der Waals surface area contributed by atoms with Gasteiger partial charge in [0.25, 0.3) is 5.91 Å². The molecular weight excluding hydrogens is 428 g/mol. The van der Waals surface area contributed by atoms with Crippen molar-refractivity contribution >= 4 is 34.8 Å². The number of thiophene rings is 1. The van der Waals surface area contributed by atoms with E-state index >= 15 is 0 Å². The fourth-order valence-corrected chi connectivity index (χ4v) is 5.01. The van der Waals surface area contributed by atoms with E-state index in [4.69, 9.17) is 11.6 Å². The van der Waals surface area contributed by atoms with Crippen LogP contribution in [0.5, 0.6) is 0 Å². The minimum absolute atomic E-state index is 0.00369. The topological polar surface area (TPSA) is 40.6 Å². The van der Waals surface area contributed by atoms with Crippen LogP contribution in [0.1, 0.15) is 32.4 Å². The minimum atomic E-state index is -0.214. The molecule has 6 heteroatoms. The molecule has 0 N–H and O–H groups in total. The Balaban J connectivity index is 1.60. The molecule has 2 heterocycles. The van der Waals surface area contributed by atoms with Gasteiger partial charge < -0.3 is 9.80 Å². The summed E-state index contributed by atoms with van der Waals surface area (Å²) in [6, 6.07) is 18.7. The molecule has 4 rings (SSSR count). The van der Waals surface area contributed by atoms with Crippen LogP contribution in [0.15, 0.2) is 78.7 Å². The van der Waals surface area contributed by atoms with Gasteiger partial charge in [-0.2, -0.15) is 0 Å². The van der Waals surface area contributed by atoms with E-state index in [0.29, 0.717) is 23.7 Å². The monoisotopic (exact) mass is 450 g/mol. The summed E-state index contributed by atoms with van der Waals surface area (Å²) in [6.07, 6.45) is 2.47. The molecule has 0 saturated carbocycles. The molecule has 0 bridgehead atoms. The lowest BCUT2D eigenvalue weighted by molar-refractivity contribution is -0.133. The largest absolute Gasteiger partial charge is 0.330 e. The standard InChI is InChI=1S/C25H23ClN2O2S/c1-2-14-27(25(30)19-8-10-20(26)11-9-19)17-23(29)28-15-12-22-21(13-16-31-22)24(28)18-6-4-3-5-7-18/h2-11,13,16,24H,1,12,14-15,17H2. The van der Waals surface area contributed by atoms with Crippen molar-refractivity contribution in [3.8, 4) is 0 Å². The molecule has 2 amide bonds. The first-order chi connectivity index (χ1) is 15.1. The maximum atomic E-state index is 13.5. The summed E-state index contributed by atoms with van der Waals surface area (Å²) in [7, 11) is 0. The fourth-order valence-electron chi connectivity index (χ4n) is 3.98. The van der Waals surface area contributed by atoms with E-state index in [1.54, 1.807) is 41.7 Å². The molecule has 0 saturated heterocycles. The number of benzene rings is 2. The van der Waals surface area contributed by atoms with Gasteiger partial charge in [-0.3, -0.25) is 9.59 Å². The van der Waals surface area contributed by atoms with Gasteiger partial charge >= 0.3 is 0 Å². The quantitative estimate of drug-likeness (QED) is 0.484. The van der Waals surface area contributed by atoms with Gasteiger partial charge in [-0.25, -0.2) is 0 Å². The van der Waals surface area contributed by atoms with Gasteiger partial charge in [0.1, 0.15) is 6.54 Å². The molecule has 1 aliphatic rings. The highest BCUT2D eigenvalue weighted by atomic mass is 35.5. The number of fused-ring (bicyclic) bond motifs is 1. The summed E-state index contributed by atoms with van der Waals surface area (Å²) < 4.78 is 0. The zero-order valence-electron chi connectivity index (χ0n) is 17.0. The van der Waals surface area contributed by atoms with Crippen LogP contribution in [0, 0.1) is 0 Å². The van der Waals surface area contributed by atoms with E-state index in [1.165, 1.54) is 15.3 Å². The Hall–Kier alpha value is -2.89. The molecule has 2 aromatic carbocycles. The molecule has 1 aromatic heterocycles. The number of rotatable bonds is 6. The van der Waals surface area contributed by atoms with E-state index in [-0.39, 0.29) is 24.4 Å². The van der Waals surface area contributed by atoms with Crippen LogP contribution >= 0.6 is 22.9 Å². The second-order valence-corrected chi connectivity index (χ2v) is 8.87. The zero-order valence-corrected chi connectivity index (χ0v) is 18.6. The second-order valence-electron chi connectivity index (χ2n) is 7.43. The smallest absolute Gasteiger partial charge is 0.254 e. The van der Waals surface area contributed by atoms with Crippen LogP contribution in [0.3, 0.4) is 0 Å². The highest BCUT2D eigenvalue weighted by Crippen LogP contribution is 2.37. The third kappa shape index (κ3) is 4.58. The number of nitrogens with zero attached hydrogens (tertiary/aromatic N) is 2. The Bertz CT molecular complexity index is 1080. The first kappa shape index (κ1) is 21.3. The first-order valence-corrected chi connectivity index (χ1v) is 11.4. The van der Waals surface area contributed by atoms with Gasteiger partial charge in [-0.05, 0) is 53.3 Å². The summed E-state index contributed by atoms with van der Waals surface area (Å²) in [5, 5.41) is 2.65. The van der Waals surface area contributed by atoms with Crippen molar-refractivity contribution < 1.29 is 9.59 Å². The van der Waals surface area contributed by atoms with E-state index in [9.17, 15) is 9.59 Å². The highest BCUT2D eigenvalue weighted by Gasteiger charge is 2.33. The van der Waals surface area contributed by atoms with Gasteiger partial charge in [0, 0.05) is 28.6 Å². The van der Waals surface area contributed by atoms with Gasteiger partial charge in [-0.1, -0.05) is 48.0 Å². The number of hydrogen-bond donors (Lipinski definition) is 0. The predicted octanol–water partition coefficient (Wildman–Crippen LogP) is 5.20. The lowest BCUT2D eigenvalue weighted by atomic mass is 9.93. The molecule has 4 nitrogen and oxygen atoms in total. The molecule has 31 heavy (non-hydrogen) atoms. The number of halogens is 1. The lowest BCUT2D eigenvalue weighted by Crippen LogP contribution is -2.46. The normalized spacial score (nSPS) is 15.3. The Morgan fingerprint density at radius 2 is 1.87 bits per heavy atom. The average Bonchev–Trinajstić information content (AvgIpc) is 3.27. The van der Waals surface area contributed by atoms with Gasteiger partial charge in [-0.15, -0.1) is 17.9 Å². The SMILES string of the molecule is C=CCN(CC(=O)N1CCc2sccc2C1c1ccccc1)C(=O)c1ccc(Cl)cc1. The number of carbonyl (C=O) groups excluding carboxylic acids is 2. The van der Waals surface area contributed by atoms with Crippen molar-refractivity contribution in [2.45, 2.75) is 12.5 Å². The lowest BCUT2D eigenvalue weighted by Gasteiger charge is -2.37. The number of carbonyl (C=O) groups is 2. The van der Waals surface area contributed by atoms with Crippen LogP contribution in [-0.4, -0.2) is 41.2 Å². The van der Waals surface area contributed by atoms with Crippen molar-refractivity contribution in [1.82, 2.24) is 9.80 Å². The van der Waals surface area contributed by atoms with Crippen molar-refractivity contribution in [2.24, 2.45) is 0 Å². The van der Waals surface area contributed by atoms with Crippen LogP contribution < -0.4 is 0 Å². The van der Waals surface area contributed by atoms with Gasteiger partial charge in [0.15, 0.2) is 0 Å². The molecule has 1 aliphatic heterocycles. The Morgan fingerprint density at radius 1 is 1.13 bits per heavy atom. The third-order valence-corrected chi connectivity index (χ3v) is 6.70. The second kappa shape index (κ2) is 9.50. The number of hydrogen-bond acceptors (Lipinski definition) is 3. The summed E-state index contributed by atoms with van der Waals surface area (Å²) in [4.78, 5) is 31.3. The van der Waals surface area contributed by atoms with Crippen LogP contribution in [0.25, 0.3) is 0 Å². The minimum Gasteiger partial charge on any atom is -0.330 e. The van der Waals surface area contributed by atoms with Crippen molar-refractivity contribution in [1.29, 1.82) is 0 Å². The highest BCUT2D eigenvalue weighted by molar-refractivity contribution is 7.10. The van der Waals surface area contributed by atoms with Crippen molar-refractivity contribution in [3.05, 3.63) is 105 Å². The molecule has 1 unspecified atom stereocenters.